The highest BCUT2D eigenvalue weighted by atomic mass is 16.4. The number of rotatable bonds is 3. The number of anilines is 1. The first-order valence-electron chi connectivity index (χ1n) is 5.62. The summed E-state index contributed by atoms with van der Waals surface area (Å²) in [6.45, 7) is 0. The number of hydrogen-bond acceptors (Lipinski definition) is 3. The molecule has 2 N–H and O–H groups in total. The molecule has 2 rings (SSSR count). The molecule has 1 aliphatic carbocycles. The zero-order valence-electron chi connectivity index (χ0n) is 9.30. The predicted octanol–water partition coefficient (Wildman–Crippen LogP) is 1.52. The fourth-order valence-electron chi connectivity index (χ4n) is 2.24. The molecule has 0 bridgehead atoms. The van der Waals surface area contributed by atoms with Crippen molar-refractivity contribution >= 4 is 17.6 Å². The summed E-state index contributed by atoms with van der Waals surface area (Å²) in [4.78, 5) is 26.8. The maximum absolute atomic E-state index is 11.9. The topological polar surface area (TPSA) is 79.3 Å². The number of nitrogens with zero attached hydrogens (tertiary/aromatic N) is 1. The molecule has 1 heterocycles. The third kappa shape index (κ3) is 2.61. The van der Waals surface area contributed by atoms with Crippen LogP contribution in [-0.2, 0) is 9.59 Å². The monoisotopic (exact) mass is 234 g/mol. The van der Waals surface area contributed by atoms with Gasteiger partial charge in [-0.15, -0.1) is 0 Å². The molecule has 0 aromatic carbocycles. The molecule has 1 aromatic rings. The highest BCUT2D eigenvalue weighted by molar-refractivity contribution is 5.95. The highest BCUT2D eigenvalue weighted by Gasteiger charge is 2.37. The van der Waals surface area contributed by atoms with E-state index in [2.05, 4.69) is 10.3 Å². The van der Waals surface area contributed by atoms with E-state index >= 15 is 0 Å². The van der Waals surface area contributed by atoms with E-state index in [1.54, 1.807) is 24.5 Å². The van der Waals surface area contributed by atoms with E-state index < -0.39 is 17.8 Å². The molecule has 0 unspecified atom stereocenters. The van der Waals surface area contributed by atoms with Gasteiger partial charge in [0.05, 0.1) is 23.7 Å². The summed E-state index contributed by atoms with van der Waals surface area (Å²) in [6, 6.07) is 3.45. The molecular formula is C12H14N2O3. The molecule has 1 aliphatic rings. The summed E-state index contributed by atoms with van der Waals surface area (Å²) in [5.74, 6) is -2.07. The molecule has 5 heteroatoms. The van der Waals surface area contributed by atoms with Crippen LogP contribution < -0.4 is 5.32 Å². The van der Waals surface area contributed by atoms with Gasteiger partial charge in [0.25, 0.3) is 0 Å². The average molecular weight is 234 g/mol. The second kappa shape index (κ2) is 4.95. The minimum absolute atomic E-state index is 0.220. The first-order chi connectivity index (χ1) is 8.18. The second-order valence-corrected chi connectivity index (χ2v) is 4.21. The minimum Gasteiger partial charge on any atom is -0.481 e. The molecule has 0 spiro atoms. The number of carboxylic acid groups (broad SMARTS) is 1. The minimum atomic E-state index is -0.881. The molecule has 1 amide bonds. The van der Waals surface area contributed by atoms with E-state index in [1.807, 2.05) is 0 Å². The molecule has 1 fully saturated rings. The number of amides is 1. The van der Waals surface area contributed by atoms with Gasteiger partial charge in [-0.3, -0.25) is 14.6 Å². The zero-order chi connectivity index (χ0) is 12.3. The van der Waals surface area contributed by atoms with Crippen molar-refractivity contribution in [3.63, 3.8) is 0 Å². The molecule has 0 aliphatic heterocycles. The van der Waals surface area contributed by atoms with E-state index in [1.165, 1.54) is 0 Å². The van der Waals surface area contributed by atoms with Gasteiger partial charge in [0.1, 0.15) is 0 Å². The lowest BCUT2D eigenvalue weighted by atomic mass is 9.95. The van der Waals surface area contributed by atoms with Crippen molar-refractivity contribution in [1.82, 2.24) is 4.98 Å². The van der Waals surface area contributed by atoms with Crippen molar-refractivity contribution in [2.24, 2.45) is 11.8 Å². The van der Waals surface area contributed by atoms with Crippen LogP contribution in [0.4, 0.5) is 5.69 Å². The van der Waals surface area contributed by atoms with Crippen LogP contribution in [0.3, 0.4) is 0 Å². The van der Waals surface area contributed by atoms with Gasteiger partial charge >= 0.3 is 5.97 Å². The number of aliphatic carboxylic acids is 1. The van der Waals surface area contributed by atoms with Crippen molar-refractivity contribution in [2.75, 3.05) is 5.32 Å². The van der Waals surface area contributed by atoms with Crippen LogP contribution in [-0.4, -0.2) is 22.0 Å². The van der Waals surface area contributed by atoms with Crippen LogP contribution in [0.5, 0.6) is 0 Å². The molecular weight excluding hydrogens is 220 g/mol. The van der Waals surface area contributed by atoms with Crippen LogP contribution in [0.25, 0.3) is 0 Å². The number of nitrogens with one attached hydrogen (secondary N) is 1. The van der Waals surface area contributed by atoms with Gasteiger partial charge in [-0.2, -0.15) is 0 Å². The Bertz CT molecular complexity index is 419. The van der Waals surface area contributed by atoms with Crippen molar-refractivity contribution in [2.45, 2.75) is 19.3 Å². The van der Waals surface area contributed by atoms with Gasteiger partial charge in [-0.05, 0) is 25.0 Å². The summed E-state index contributed by atoms with van der Waals surface area (Å²) < 4.78 is 0. The lowest BCUT2D eigenvalue weighted by Gasteiger charge is -2.15. The van der Waals surface area contributed by atoms with Crippen LogP contribution in [0.1, 0.15) is 19.3 Å². The smallest absolute Gasteiger partial charge is 0.307 e. The highest BCUT2D eigenvalue weighted by Crippen LogP contribution is 2.32. The van der Waals surface area contributed by atoms with E-state index in [0.29, 0.717) is 18.5 Å². The van der Waals surface area contributed by atoms with Gasteiger partial charge < -0.3 is 10.4 Å². The molecule has 0 radical (unpaired) electrons. The first kappa shape index (κ1) is 11.6. The Morgan fingerprint density at radius 2 is 2.12 bits per heavy atom. The molecule has 17 heavy (non-hydrogen) atoms. The van der Waals surface area contributed by atoms with Crippen molar-refractivity contribution in [3.8, 4) is 0 Å². The standard InChI is InChI=1S/C12H14N2O3/c15-11(14-8-3-2-6-13-7-8)9-4-1-5-10(9)12(16)17/h2-3,6-7,9-10H,1,4-5H2,(H,14,15)(H,16,17)/t9-,10+/m1/s1. The van der Waals surface area contributed by atoms with E-state index in [0.717, 1.165) is 6.42 Å². The van der Waals surface area contributed by atoms with Crippen molar-refractivity contribution in [3.05, 3.63) is 24.5 Å². The lowest BCUT2D eigenvalue weighted by molar-refractivity contribution is -0.145. The summed E-state index contributed by atoms with van der Waals surface area (Å²) in [6.07, 6.45) is 5.18. The molecule has 1 aromatic heterocycles. The van der Waals surface area contributed by atoms with Gasteiger partial charge in [-0.1, -0.05) is 6.42 Å². The summed E-state index contributed by atoms with van der Waals surface area (Å²) in [5.41, 5.74) is 0.605. The first-order valence-corrected chi connectivity index (χ1v) is 5.62. The fourth-order valence-corrected chi connectivity index (χ4v) is 2.24. The lowest BCUT2D eigenvalue weighted by Crippen LogP contribution is -2.29. The SMILES string of the molecule is O=C(O)[C@H]1CCC[C@H]1C(=O)Nc1cccnc1. The van der Waals surface area contributed by atoms with Crippen molar-refractivity contribution < 1.29 is 14.7 Å². The Kier molecular flexibility index (Phi) is 3.37. The molecule has 5 nitrogen and oxygen atoms in total. The molecule has 90 valence electrons. The number of carbonyl (C=O) groups is 2. The van der Waals surface area contributed by atoms with Gasteiger partial charge in [0.15, 0.2) is 0 Å². The molecule has 1 saturated carbocycles. The Balaban J connectivity index is 2.03. The fraction of sp³-hybridized carbons (Fsp3) is 0.417. The largest absolute Gasteiger partial charge is 0.481 e. The maximum Gasteiger partial charge on any atom is 0.307 e. The van der Waals surface area contributed by atoms with E-state index in [9.17, 15) is 9.59 Å². The molecule has 0 saturated heterocycles. The normalized spacial score (nSPS) is 23.3. The van der Waals surface area contributed by atoms with Crippen LogP contribution in [0, 0.1) is 11.8 Å². The number of carbonyl (C=O) groups excluding carboxylic acids is 1. The average Bonchev–Trinajstić information content (AvgIpc) is 2.79. The number of hydrogen-bond donors (Lipinski definition) is 2. The van der Waals surface area contributed by atoms with E-state index in [-0.39, 0.29) is 5.91 Å². The quantitative estimate of drug-likeness (QED) is 0.831. The number of aromatic nitrogens is 1. The van der Waals surface area contributed by atoms with Gasteiger partial charge in [-0.25, -0.2) is 0 Å². The Hall–Kier alpha value is -1.91. The third-order valence-electron chi connectivity index (χ3n) is 3.10. The van der Waals surface area contributed by atoms with Gasteiger partial charge in [0.2, 0.25) is 5.91 Å². The van der Waals surface area contributed by atoms with Gasteiger partial charge in [0, 0.05) is 6.20 Å². The Morgan fingerprint density at radius 3 is 2.76 bits per heavy atom. The third-order valence-corrected chi connectivity index (χ3v) is 3.10. The van der Waals surface area contributed by atoms with Crippen LogP contribution in [0.2, 0.25) is 0 Å². The summed E-state index contributed by atoms with van der Waals surface area (Å²) in [7, 11) is 0. The molecule has 2 atom stereocenters. The summed E-state index contributed by atoms with van der Waals surface area (Å²) >= 11 is 0. The maximum atomic E-state index is 11.9. The van der Waals surface area contributed by atoms with Crippen molar-refractivity contribution in [1.29, 1.82) is 0 Å². The number of carboxylic acids is 1. The van der Waals surface area contributed by atoms with Crippen LogP contribution in [0.15, 0.2) is 24.5 Å². The van der Waals surface area contributed by atoms with E-state index in [4.69, 9.17) is 5.11 Å². The zero-order valence-corrected chi connectivity index (χ0v) is 9.30. The Morgan fingerprint density at radius 1 is 1.35 bits per heavy atom. The summed E-state index contributed by atoms with van der Waals surface area (Å²) in [5, 5.41) is 11.7. The predicted molar refractivity (Wildman–Crippen MR) is 61.3 cm³/mol. The van der Waals surface area contributed by atoms with Crippen LogP contribution >= 0.6 is 0 Å². The number of pyridine rings is 1. The Labute approximate surface area is 98.9 Å². The second-order valence-electron chi connectivity index (χ2n) is 4.21.